The van der Waals surface area contributed by atoms with Crippen LogP contribution in [0.15, 0.2) is 41.8 Å². The lowest BCUT2D eigenvalue weighted by Gasteiger charge is -2.33. The Hall–Kier alpha value is -3.11. The van der Waals surface area contributed by atoms with Gasteiger partial charge in [-0.1, -0.05) is 0 Å². The Morgan fingerprint density at radius 1 is 1.31 bits per heavy atom. The van der Waals surface area contributed by atoms with Crippen LogP contribution < -0.4 is 10.6 Å². The van der Waals surface area contributed by atoms with Crippen LogP contribution in [0.2, 0.25) is 0 Å². The summed E-state index contributed by atoms with van der Waals surface area (Å²) in [6.45, 7) is 0.424. The highest BCUT2D eigenvalue weighted by molar-refractivity contribution is 7.13. The number of amidine groups is 1. The van der Waals surface area contributed by atoms with E-state index in [1.54, 1.807) is 24.8 Å². The summed E-state index contributed by atoms with van der Waals surface area (Å²) in [5, 5.41) is 26.4. The molecule has 0 unspecified atom stereocenters. The number of amides is 2. The molecule has 2 fully saturated rings. The average molecular weight is 455 g/mol. The predicted octanol–water partition coefficient (Wildman–Crippen LogP) is 2.13. The molecule has 4 N–H and O–H groups in total. The van der Waals surface area contributed by atoms with E-state index in [0.29, 0.717) is 43.7 Å². The van der Waals surface area contributed by atoms with Gasteiger partial charge in [-0.3, -0.25) is 24.9 Å². The average Bonchev–Trinajstić information content (AvgIpc) is 3.42. The molecule has 10 heteroatoms. The second kappa shape index (κ2) is 9.17. The molecule has 1 aliphatic heterocycles. The summed E-state index contributed by atoms with van der Waals surface area (Å²) in [4.78, 5) is 35.8. The van der Waals surface area contributed by atoms with Crippen molar-refractivity contribution < 1.29 is 14.7 Å². The van der Waals surface area contributed by atoms with Gasteiger partial charge in [-0.15, -0.1) is 11.3 Å². The Morgan fingerprint density at radius 2 is 2.03 bits per heavy atom. The van der Waals surface area contributed by atoms with E-state index >= 15 is 0 Å². The predicted molar refractivity (Wildman–Crippen MR) is 121 cm³/mol. The number of carbonyl (C=O) groups excluding carboxylic acids is 2. The van der Waals surface area contributed by atoms with Crippen LogP contribution >= 0.6 is 11.3 Å². The van der Waals surface area contributed by atoms with Crippen molar-refractivity contribution in [2.75, 3.05) is 13.6 Å². The standard InChI is InChI=1S/C22H26N6O3S/c1-24-12-16(18(23)28-11-8-22(21(28)31)6-2-15(29)3-7-22)26-19(30)17-13-32-20(27-17)14-4-9-25-10-5-14/h4-5,9-10,12-13,15,23-24,29H,2-3,6-8,11H2,1H3,(H,26,30)/b16-12+,23-18?. The molecule has 0 atom stereocenters. The number of likely N-dealkylation sites (tertiary alicyclic amines) is 1. The smallest absolute Gasteiger partial charge is 0.275 e. The molecule has 1 spiro atoms. The molecule has 0 aromatic carbocycles. The van der Waals surface area contributed by atoms with Crippen LogP contribution in [0.25, 0.3) is 10.6 Å². The van der Waals surface area contributed by atoms with Crippen molar-refractivity contribution in [1.82, 2.24) is 25.5 Å². The molecule has 4 rings (SSSR count). The first-order valence-corrected chi connectivity index (χ1v) is 11.5. The maximum Gasteiger partial charge on any atom is 0.275 e. The van der Waals surface area contributed by atoms with Crippen LogP contribution in [-0.2, 0) is 4.79 Å². The van der Waals surface area contributed by atoms with Gasteiger partial charge in [0.1, 0.15) is 10.7 Å². The van der Waals surface area contributed by atoms with Gasteiger partial charge in [0.25, 0.3) is 5.91 Å². The summed E-state index contributed by atoms with van der Waals surface area (Å²) in [6, 6.07) is 3.64. The molecule has 1 aliphatic carbocycles. The van der Waals surface area contributed by atoms with E-state index in [2.05, 4.69) is 20.6 Å². The number of aromatic nitrogens is 2. The van der Waals surface area contributed by atoms with Crippen molar-refractivity contribution in [3.8, 4) is 10.6 Å². The maximum atomic E-state index is 13.2. The highest BCUT2D eigenvalue weighted by Gasteiger charge is 2.49. The zero-order valence-corrected chi connectivity index (χ0v) is 18.6. The molecule has 0 bridgehead atoms. The minimum Gasteiger partial charge on any atom is -0.393 e. The van der Waals surface area contributed by atoms with Gasteiger partial charge in [0.15, 0.2) is 5.84 Å². The lowest BCUT2D eigenvalue weighted by molar-refractivity contribution is -0.135. The lowest BCUT2D eigenvalue weighted by Crippen LogP contribution is -2.43. The fraction of sp³-hybridized carbons (Fsp3) is 0.409. The van der Waals surface area contributed by atoms with Gasteiger partial charge in [0.05, 0.1) is 17.2 Å². The van der Waals surface area contributed by atoms with Gasteiger partial charge in [0.2, 0.25) is 5.91 Å². The summed E-state index contributed by atoms with van der Waals surface area (Å²) in [5.41, 5.74) is 0.807. The maximum absolute atomic E-state index is 13.2. The van der Waals surface area contributed by atoms with Crippen LogP contribution in [-0.4, -0.2) is 57.3 Å². The van der Waals surface area contributed by atoms with Gasteiger partial charge in [-0.05, 0) is 44.2 Å². The van der Waals surface area contributed by atoms with E-state index in [-0.39, 0.29) is 29.2 Å². The van der Waals surface area contributed by atoms with E-state index in [1.807, 2.05) is 12.1 Å². The number of rotatable bonds is 5. The number of carbonyl (C=O) groups is 2. The molecule has 2 aromatic heterocycles. The molecule has 168 valence electrons. The monoisotopic (exact) mass is 454 g/mol. The summed E-state index contributed by atoms with van der Waals surface area (Å²) >= 11 is 1.35. The Labute approximate surface area is 190 Å². The topological polar surface area (TPSA) is 131 Å². The van der Waals surface area contributed by atoms with Crippen molar-refractivity contribution in [3.63, 3.8) is 0 Å². The Balaban J connectivity index is 1.47. The first kappa shape index (κ1) is 22.1. The van der Waals surface area contributed by atoms with Crippen LogP contribution in [0.5, 0.6) is 0 Å². The SMILES string of the molecule is CN/C=C(/NC(=O)c1csc(-c2ccncc2)n1)C(=N)N1CCC2(CCC(O)CC2)C1=O. The van der Waals surface area contributed by atoms with E-state index in [1.165, 1.54) is 22.4 Å². The first-order chi connectivity index (χ1) is 15.4. The number of nitrogens with one attached hydrogen (secondary N) is 3. The molecule has 32 heavy (non-hydrogen) atoms. The van der Waals surface area contributed by atoms with Crippen molar-refractivity contribution >= 4 is 29.0 Å². The highest BCUT2D eigenvalue weighted by atomic mass is 32.1. The second-order valence-electron chi connectivity index (χ2n) is 8.14. The molecule has 0 radical (unpaired) electrons. The fourth-order valence-corrected chi connectivity index (χ4v) is 5.10. The molecule has 9 nitrogen and oxygen atoms in total. The van der Waals surface area contributed by atoms with Gasteiger partial charge in [-0.2, -0.15) is 0 Å². The molecule has 2 amide bonds. The Bertz CT molecular complexity index is 1040. The Morgan fingerprint density at radius 3 is 2.72 bits per heavy atom. The molecule has 1 saturated heterocycles. The van der Waals surface area contributed by atoms with E-state index < -0.39 is 11.3 Å². The molecule has 2 aromatic rings. The van der Waals surface area contributed by atoms with Crippen molar-refractivity contribution in [3.05, 3.63) is 47.5 Å². The minimum atomic E-state index is -0.505. The summed E-state index contributed by atoms with van der Waals surface area (Å²) in [6.07, 6.45) is 7.60. The number of nitrogens with zero attached hydrogens (tertiary/aromatic N) is 3. The number of aliphatic hydroxyl groups is 1. The minimum absolute atomic E-state index is 0.0507. The van der Waals surface area contributed by atoms with Crippen LogP contribution in [0, 0.1) is 10.8 Å². The first-order valence-electron chi connectivity index (χ1n) is 10.6. The number of thiazole rings is 1. The summed E-state index contributed by atoms with van der Waals surface area (Å²) in [5.74, 6) is -0.598. The number of hydrogen-bond donors (Lipinski definition) is 4. The summed E-state index contributed by atoms with van der Waals surface area (Å²) < 4.78 is 0. The van der Waals surface area contributed by atoms with Crippen LogP contribution in [0.3, 0.4) is 0 Å². The third kappa shape index (κ3) is 4.28. The highest BCUT2D eigenvalue weighted by Crippen LogP contribution is 2.45. The van der Waals surface area contributed by atoms with Crippen molar-refractivity contribution in [2.45, 2.75) is 38.2 Å². The number of pyridine rings is 1. The van der Waals surface area contributed by atoms with Gasteiger partial charge in [-0.25, -0.2) is 4.98 Å². The fourth-order valence-electron chi connectivity index (χ4n) is 4.30. The van der Waals surface area contributed by atoms with Gasteiger partial charge >= 0.3 is 0 Å². The number of hydrogen-bond acceptors (Lipinski definition) is 8. The normalized spacial score (nSPS) is 23.4. The van der Waals surface area contributed by atoms with Gasteiger partial charge in [0, 0.05) is 43.1 Å². The van der Waals surface area contributed by atoms with E-state index in [9.17, 15) is 14.7 Å². The van der Waals surface area contributed by atoms with E-state index in [4.69, 9.17) is 5.41 Å². The molecule has 1 saturated carbocycles. The third-order valence-electron chi connectivity index (χ3n) is 6.15. The van der Waals surface area contributed by atoms with Crippen molar-refractivity contribution in [2.24, 2.45) is 5.41 Å². The largest absolute Gasteiger partial charge is 0.393 e. The molecular weight excluding hydrogens is 428 g/mol. The quantitative estimate of drug-likeness (QED) is 0.404. The zero-order chi connectivity index (χ0) is 22.7. The van der Waals surface area contributed by atoms with Crippen LogP contribution in [0.4, 0.5) is 0 Å². The van der Waals surface area contributed by atoms with E-state index in [0.717, 1.165) is 5.56 Å². The number of aliphatic hydroxyl groups excluding tert-OH is 1. The Kier molecular flexibility index (Phi) is 6.33. The van der Waals surface area contributed by atoms with Crippen molar-refractivity contribution in [1.29, 1.82) is 5.41 Å². The summed E-state index contributed by atoms with van der Waals surface area (Å²) in [7, 11) is 1.67. The second-order valence-corrected chi connectivity index (χ2v) is 9.00. The molecular formula is C22H26N6O3S. The lowest BCUT2D eigenvalue weighted by atomic mass is 9.72. The third-order valence-corrected chi connectivity index (χ3v) is 7.04. The molecule has 2 aliphatic rings. The van der Waals surface area contributed by atoms with Gasteiger partial charge < -0.3 is 15.7 Å². The van der Waals surface area contributed by atoms with Crippen LogP contribution in [0.1, 0.15) is 42.6 Å². The molecule has 3 heterocycles. The zero-order valence-electron chi connectivity index (χ0n) is 17.8.